The maximum Gasteiger partial charge on any atom is 0.120 e. The van der Waals surface area contributed by atoms with Gasteiger partial charge in [0.15, 0.2) is 0 Å². The SMILES string of the molecule is CCC(NCC(O)CC(C)(C)C)c1cc(Br)ccc1O. The molecule has 0 spiro atoms. The minimum absolute atomic E-state index is 0.0436. The average Bonchev–Trinajstić information content (AvgIpc) is 2.32. The van der Waals surface area contributed by atoms with Gasteiger partial charge in [-0.1, -0.05) is 43.6 Å². The zero-order valence-electron chi connectivity index (χ0n) is 12.8. The normalized spacial score (nSPS) is 15.1. The Hall–Kier alpha value is -0.580. The number of aliphatic hydroxyl groups excluding tert-OH is 1. The fraction of sp³-hybridized carbons (Fsp3) is 0.625. The zero-order chi connectivity index (χ0) is 15.3. The standard InChI is InChI=1S/C16H26BrNO2/c1-5-14(13-8-11(17)6-7-15(13)20)18-10-12(19)9-16(2,3)4/h6-8,12,14,18-20H,5,9-10H2,1-4H3. The van der Waals surface area contributed by atoms with E-state index < -0.39 is 0 Å². The van der Waals surface area contributed by atoms with Crippen molar-refractivity contribution in [3.8, 4) is 5.75 Å². The van der Waals surface area contributed by atoms with Crippen molar-refractivity contribution in [2.24, 2.45) is 5.41 Å². The lowest BCUT2D eigenvalue weighted by molar-refractivity contribution is 0.116. The summed E-state index contributed by atoms with van der Waals surface area (Å²) in [4.78, 5) is 0. The van der Waals surface area contributed by atoms with Gasteiger partial charge in [0.1, 0.15) is 5.75 Å². The Morgan fingerprint density at radius 2 is 1.95 bits per heavy atom. The predicted molar refractivity (Wildman–Crippen MR) is 86.9 cm³/mol. The fourth-order valence-corrected chi connectivity index (χ4v) is 2.71. The lowest BCUT2D eigenvalue weighted by atomic mass is 9.89. The van der Waals surface area contributed by atoms with Crippen LogP contribution in [-0.2, 0) is 0 Å². The molecule has 3 nitrogen and oxygen atoms in total. The first-order valence-corrected chi connectivity index (χ1v) is 7.92. The second-order valence-electron chi connectivity index (χ2n) is 6.49. The van der Waals surface area contributed by atoms with Crippen molar-refractivity contribution in [1.82, 2.24) is 5.32 Å². The monoisotopic (exact) mass is 343 g/mol. The Bertz CT molecular complexity index is 429. The van der Waals surface area contributed by atoms with Crippen LogP contribution in [0, 0.1) is 5.41 Å². The van der Waals surface area contributed by atoms with Gasteiger partial charge in [-0.3, -0.25) is 0 Å². The van der Waals surface area contributed by atoms with E-state index >= 15 is 0 Å². The van der Waals surface area contributed by atoms with Crippen LogP contribution in [0.15, 0.2) is 22.7 Å². The third kappa shape index (κ3) is 5.81. The number of nitrogens with one attached hydrogen (secondary N) is 1. The smallest absolute Gasteiger partial charge is 0.120 e. The highest BCUT2D eigenvalue weighted by Crippen LogP contribution is 2.29. The molecule has 1 rings (SSSR count). The molecule has 3 N–H and O–H groups in total. The maximum atomic E-state index is 10.1. The van der Waals surface area contributed by atoms with E-state index in [0.717, 1.165) is 22.9 Å². The van der Waals surface area contributed by atoms with Crippen LogP contribution in [0.25, 0.3) is 0 Å². The summed E-state index contributed by atoms with van der Waals surface area (Å²) in [5.41, 5.74) is 0.977. The van der Waals surface area contributed by atoms with Gasteiger partial charge in [-0.25, -0.2) is 0 Å². The largest absolute Gasteiger partial charge is 0.508 e. The van der Waals surface area contributed by atoms with Crippen molar-refractivity contribution in [1.29, 1.82) is 0 Å². The number of aromatic hydroxyl groups is 1. The molecule has 0 fully saturated rings. The molecule has 1 aromatic rings. The van der Waals surface area contributed by atoms with Crippen molar-refractivity contribution in [3.63, 3.8) is 0 Å². The van der Waals surface area contributed by atoms with Crippen LogP contribution in [0.1, 0.15) is 52.1 Å². The lowest BCUT2D eigenvalue weighted by Crippen LogP contribution is -2.32. The molecule has 4 heteroatoms. The molecular weight excluding hydrogens is 318 g/mol. The molecule has 0 aliphatic carbocycles. The van der Waals surface area contributed by atoms with Gasteiger partial charge >= 0.3 is 0 Å². The highest BCUT2D eigenvalue weighted by atomic mass is 79.9. The van der Waals surface area contributed by atoms with Crippen molar-refractivity contribution in [3.05, 3.63) is 28.2 Å². The number of halogens is 1. The first-order chi connectivity index (χ1) is 9.23. The van der Waals surface area contributed by atoms with E-state index in [2.05, 4.69) is 48.9 Å². The van der Waals surface area contributed by atoms with E-state index in [0.29, 0.717) is 6.54 Å². The van der Waals surface area contributed by atoms with Gasteiger partial charge in [-0.05, 0) is 36.5 Å². The molecule has 114 valence electrons. The topological polar surface area (TPSA) is 52.5 Å². The third-order valence-corrected chi connectivity index (χ3v) is 3.71. The number of phenols is 1. The Labute approximate surface area is 130 Å². The summed E-state index contributed by atoms with van der Waals surface area (Å²) in [6.45, 7) is 8.95. The van der Waals surface area contributed by atoms with Crippen LogP contribution < -0.4 is 5.32 Å². The number of hydrogen-bond acceptors (Lipinski definition) is 3. The number of benzene rings is 1. The van der Waals surface area contributed by atoms with Crippen molar-refractivity contribution in [2.75, 3.05) is 6.54 Å². The first-order valence-electron chi connectivity index (χ1n) is 7.13. The lowest BCUT2D eigenvalue weighted by Gasteiger charge is -2.25. The Morgan fingerprint density at radius 1 is 1.30 bits per heavy atom. The Balaban J connectivity index is 2.66. The van der Waals surface area contributed by atoms with Crippen LogP contribution in [0.2, 0.25) is 0 Å². The van der Waals surface area contributed by atoms with E-state index in [1.54, 1.807) is 6.07 Å². The third-order valence-electron chi connectivity index (χ3n) is 3.22. The Kier molecular flexibility index (Phi) is 6.49. The molecule has 2 unspecified atom stereocenters. The summed E-state index contributed by atoms with van der Waals surface area (Å²) < 4.78 is 0.945. The summed E-state index contributed by atoms with van der Waals surface area (Å²) >= 11 is 3.43. The summed E-state index contributed by atoms with van der Waals surface area (Å²) in [5.74, 6) is 0.290. The predicted octanol–water partition coefficient (Wildman–Crippen LogP) is 3.99. The van der Waals surface area contributed by atoms with E-state index in [-0.39, 0.29) is 23.3 Å². The fourth-order valence-electron chi connectivity index (χ4n) is 2.34. The second-order valence-corrected chi connectivity index (χ2v) is 7.41. The quantitative estimate of drug-likeness (QED) is 0.731. The van der Waals surface area contributed by atoms with E-state index in [1.807, 2.05) is 12.1 Å². The minimum atomic E-state index is -0.377. The Morgan fingerprint density at radius 3 is 2.50 bits per heavy atom. The molecule has 0 amide bonds. The second kappa shape index (κ2) is 7.43. The number of rotatable bonds is 6. The van der Waals surface area contributed by atoms with E-state index in [9.17, 15) is 10.2 Å². The van der Waals surface area contributed by atoms with Crippen LogP contribution in [0.4, 0.5) is 0 Å². The summed E-state index contributed by atoms with van der Waals surface area (Å²) in [6, 6.07) is 5.48. The molecule has 20 heavy (non-hydrogen) atoms. The van der Waals surface area contributed by atoms with Gasteiger partial charge in [0.25, 0.3) is 0 Å². The van der Waals surface area contributed by atoms with Gasteiger partial charge in [0.2, 0.25) is 0 Å². The van der Waals surface area contributed by atoms with Crippen molar-refractivity contribution >= 4 is 15.9 Å². The molecule has 0 aliphatic rings. The van der Waals surface area contributed by atoms with Gasteiger partial charge in [-0.2, -0.15) is 0 Å². The highest BCUT2D eigenvalue weighted by Gasteiger charge is 2.19. The van der Waals surface area contributed by atoms with Crippen LogP contribution in [0.3, 0.4) is 0 Å². The van der Waals surface area contributed by atoms with Gasteiger partial charge < -0.3 is 15.5 Å². The molecule has 0 bridgehead atoms. The molecule has 0 saturated carbocycles. The molecule has 0 saturated heterocycles. The van der Waals surface area contributed by atoms with E-state index in [1.165, 1.54) is 0 Å². The van der Waals surface area contributed by atoms with Crippen molar-refractivity contribution in [2.45, 2.75) is 52.7 Å². The number of phenolic OH excluding ortho intramolecular Hbond substituents is 1. The molecule has 2 atom stereocenters. The maximum absolute atomic E-state index is 10.1. The molecule has 0 radical (unpaired) electrons. The number of aliphatic hydroxyl groups is 1. The van der Waals surface area contributed by atoms with Crippen molar-refractivity contribution < 1.29 is 10.2 Å². The zero-order valence-corrected chi connectivity index (χ0v) is 14.4. The van der Waals surface area contributed by atoms with E-state index in [4.69, 9.17) is 0 Å². The van der Waals surface area contributed by atoms with Gasteiger partial charge in [0, 0.05) is 22.6 Å². The molecule has 0 heterocycles. The van der Waals surface area contributed by atoms with Gasteiger partial charge in [-0.15, -0.1) is 0 Å². The molecule has 1 aromatic carbocycles. The number of hydrogen-bond donors (Lipinski definition) is 3. The molecule has 0 aromatic heterocycles. The van der Waals surface area contributed by atoms with Gasteiger partial charge in [0.05, 0.1) is 6.10 Å². The van der Waals surface area contributed by atoms with Crippen LogP contribution in [-0.4, -0.2) is 22.9 Å². The molecule has 0 aliphatic heterocycles. The highest BCUT2D eigenvalue weighted by molar-refractivity contribution is 9.10. The average molecular weight is 344 g/mol. The van der Waals surface area contributed by atoms with Crippen LogP contribution in [0.5, 0.6) is 5.75 Å². The summed E-state index contributed by atoms with van der Waals surface area (Å²) in [6.07, 6.45) is 1.23. The minimum Gasteiger partial charge on any atom is -0.508 e. The summed E-state index contributed by atoms with van der Waals surface area (Å²) in [7, 11) is 0. The summed E-state index contributed by atoms with van der Waals surface area (Å²) in [5, 5.41) is 23.4. The van der Waals surface area contributed by atoms with Crippen LogP contribution >= 0.6 is 15.9 Å². The first kappa shape index (κ1) is 17.5. The molecular formula is C16H26BrNO2.